The smallest absolute Gasteiger partial charge is 0.316 e. The minimum absolute atomic E-state index is 0.0519. The molecule has 4 N–H and O–H groups in total. The Morgan fingerprint density at radius 2 is 0.500 bits per heavy atom. The topological polar surface area (TPSA) is 187 Å². The van der Waals surface area contributed by atoms with E-state index in [-0.39, 0.29) is 49.4 Å². The molecule has 14 heteroatoms. The van der Waals surface area contributed by atoms with Crippen LogP contribution in [0.1, 0.15) is 86.6 Å². The van der Waals surface area contributed by atoms with Crippen LogP contribution in [-0.2, 0) is 36.0 Å². The van der Waals surface area contributed by atoms with Crippen LogP contribution < -0.4 is 28.4 Å². The minimum atomic E-state index is -0.973. The molecule has 4 aliphatic heterocycles. The summed E-state index contributed by atoms with van der Waals surface area (Å²) in [5.41, 5.74) is 20.3. The first kappa shape index (κ1) is 83.3. The number of carbonyl (C=O) groups excluding carboxylic acids is 2. The molecular formula is C122H90N4O10. The summed E-state index contributed by atoms with van der Waals surface area (Å²) in [5, 5.41) is 33.4. The van der Waals surface area contributed by atoms with Gasteiger partial charge in [-0.3, -0.25) is 9.59 Å². The maximum Gasteiger partial charge on any atom is 0.316 e. The minimum Gasteiger partial charge on any atom is -0.507 e. The fraction of sp³-hybridized carbons (Fsp3) is 0.0984. The number of benzene rings is 16. The number of nitrogens with one attached hydrogen (secondary N) is 2. The Morgan fingerprint density at radius 3 is 0.772 bits per heavy atom. The molecule has 14 nitrogen and oxygen atoms in total. The second-order valence-electron chi connectivity index (χ2n) is 37.3. The third kappa shape index (κ3) is 15.4. The maximum absolute atomic E-state index is 15.0. The van der Waals surface area contributed by atoms with E-state index in [1.54, 1.807) is 0 Å². The average molecular weight is 1770 g/mol. The molecule has 16 aromatic carbocycles. The predicted molar refractivity (Wildman–Crippen MR) is 547 cm³/mol. The van der Waals surface area contributed by atoms with Crippen LogP contribution >= 0.6 is 0 Å². The lowest BCUT2D eigenvalue weighted by molar-refractivity contribution is -0.143. The molecule has 136 heavy (non-hydrogen) atoms. The quantitative estimate of drug-likeness (QED) is 0.0913. The number of phenolic OH excluding ortho intramolecular Hbond substituents is 2. The third-order valence-corrected chi connectivity index (χ3v) is 26.0. The molecule has 7 heterocycles. The highest BCUT2D eigenvalue weighted by molar-refractivity contribution is 6.14. The number of esters is 2. The molecule has 19 aromatic rings. The molecule has 0 aliphatic carbocycles. The van der Waals surface area contributed by atoms with E-state index >= 15 is 0 Å². The molecule has 0 amide bonds. The highest BCUT2D eigenvalue weighted by Gasteiger charge is 2.34. The fourth-order valence-electron chi connectivity index (χ4n) is 19.3. The summed E-state index contributed by atoms with van der Waals surface area (Å²) in [6.45, 7) is 10.6. The molecular weight excluding hydrogens is 1680 g/mol. The van der Waals surface area contributed by atoms with E-state index < -0.39 is 22.8 Å². The van der Waals surface area contributed by atoms with Gasteiger partial charge in [-0.15, -0.1) is 0 Å². The average Bonchev–Trinajstić information content (AvgIpc) is 0.960. The van der Waals surface area contributed by atoms with E-state index in [9.17, 15) is 19.8 Å². The van der Waals surface area contributed by atoms with Gasteiger partial charge in [0.2, 0.25) is 0 Å². The van der Waals surface area contributed by atoms with Crippen molar-refractivity contribution >= 4 is 101 Å². The van der Waals surface area contributed by atoms with E-state index in [0.29, 0.717) is 112 Å². The van der Waals surface area contributed by atoms with Crippen molar-refractivity contribution in [2.24, 2.45) is 10.8 Å². The summed E-state index contributed by atoms with van der Waals surface area (Å²) in [6.07, 6.45) is 8.33. The molecule has 4 aliphatic rings. The Balaban J connectivity index is 0.848. The summed E-state index contributed by atoms with van der Waals surface area (Å²) in [7, 11) is 0. The van der Waals surface area contributed by atoms with Gasteiger partial charge in [-0.1, -0.05) is 218 Å². The number of nitrogens with zero attached hydrogens (tertiary/aromatic N) is 2. The van der Waals surface area contributed by atoms with Crippen molar-refractivity contribution < 1.29 is 48.2 Å². The molecule has 23 rings (SSSR count). The Kier molecular flexibility index (Phi) is 20.6. The number of fused-ring (bicyclic) bond motifs is 38. The van der Waals surface area contributed by atoms with Gasteiger partial charge in [0.1, 0.15) is 72.4 Å². The van der Waals surface area contributed by atoms with Crippen LogP contribution in [0.3, 0.4) is 0 Å². The van der Waals surface area contributed by atoms with Crippen molar-refractivity contribution in [3.8, 4) is 157 Å². The molecule has 0 fully saturated rings. The van der Waals surface area contributed by atoms with Crippen LogP contribution in [0.15, 0.2) is 340 Å². The van der Waals surface area contributed by atoms with E-state index in [0.717, 1.165) is 132 Å². The summed E-state index contributed by atoms with van der Waals surface area (Å²) in [6, 6.07) is 114. The van der Waals surface area contributed by atoms with Crippen LogP contribution in [0, 0.1) is 10.8 Å². The van der Waals surface area contributed by atoms with Crippen LogP contribution in [0.2, 0.25) is 0 Å². The fourth-order valence-corrected chi connectivity index (χ4v) is 19.3. The monoisotopic (exact) mass is 1770 g/mol. The normalized spacial score (nSPS) is 12.8. The highest BCUT2D eigenvalue weighted by Crippen LogP contribution is 2.54. The molecule has 0 unspecified atom stereocenters. The Bertz CT molecular complexity index is 7940. The van der Waals surface area contributed by atoms with Crippen molar-refractivity contribution in [1.82, 2.24) is 19.9 Å². The molecule has 28 bridgehead atoms. The third-order valence-electron chi connectivity index (χ3n) is 26.0. The number of hydrogen-bond donors (Lipinski definition) is 4. The van der Waals surface area contributed by atoms with Gasteiger partial charge in [-0.05, 0) is 297 Å². The van der Waals surface area contributed by atoms with Crippen molar-refractivity contribution in [3.05, 3.63) is 385 Å². The van der Waals surface area contributed by atoms with E-state index in [1.807, 2.05) is 260 Å². The van der Waals surface area contributed by atoms with Crippen LogP contribution in [0.5, 0.6) is 46.0 Å². The standard InChI is InChI=1S/C122H90N4O10/c1-121(2,3)119(129)135-117-89-53-77-37-21-25-41-97(77)113(117)111-95-39-23-19-35-75(95)51-87(115(111)127)67-131-91-59-79(71-27-11-7-12-28-71)55-83(63-91)107-99-43-47-103(123-99)109(85-57-81(61-93(65-85)133-69-89)73-31-15-9-16-32-73)105-49-45-101(125-105)108-84-56-80(72-29-13-8-14-30-72)60-92(64-84)132-68-88-52-76-36-20-24-40-96(76)112(116(88)128)114-98-42-26-22-38-78(98)54-90(118(114)136-120(130)122(4,5)6)70-134-94-62-82(74-33-17-10-18-34-74)58-86(66-94)110(104-48-44-100(108)124-104)106-50-46-102(107)126-106/h7-66,123-124,127-128H,67-70H2,1-6H3. The number of hydrogen-bond acceptors (Lipinski definition) is 12. The second kappa shape index (κ2) is 33.6. The van der Waals surface area contributed by atoms with Gasteiger partial charge in [-0.25, -0.2) is 9.97 Å². The largest absolute Gasteiger partial charge is 0.507 e. The SMILES string of the molecule is CC(C)(C)C(=O)Oc1c2cc3ccccc3c1-c1c(O)c(cc3ccccc13)COc1cc(-c3ccccc3)cc(c1)-c1c3nc(c4c5ccc([nH]5)c(c5nc(c(c6ccc1[nH]6)-c1cc(cc(-c6ccccc6)c1)OC2)C=C5)-c1cc(cc(-c2ccccc2)c1)OCc1cc2ccccc2c(c1O)-c1c(OC(=O)C(C)(C)C)c(cc2ccccc12)COc1cc(-c2ccccc2)cc-4c1)C=C3. The molecule has 0 saturated heterocycles. The number of aromatic amines is 2. The molecule has 0 atom stereocenters. The van der Waals surface area contributed by atoms with E-state index in [2.05, 4.69) is 156 Å². The molecule has 658 valence electrons. The van der Waals surface area contributed by atoms with Crippen LogP contribution in [0.25, 0.3) is 201 Å². The van der Waals surface area contributed by atoms with Crippen LogP contribution in [-0.4, -0.2) is 42.1 Å². The number of ether oxygens (including phenoxy) is 6. The van der Waals surface area contributed by atoms with E-state index in [1.165, 1.54) is 0 Å². The molecule has 0 spiro atoms. The van der Waals surface area contributed by atoms with Gasteiger partial charge in [0, 0.05) is 88.8 Å². The number of H-pyrrole nitrogens is 2. The van der Waals surface area contributed by atoms with Crippen molar-refractivity contribution in [1.29, 1.82) is 0 Å². The van der Waals surface area contributed by atoms with Crippen molar-refractivity contribution in [2.75, 3.05) is 0 Å². The zero-order chi connectivity index (χ0) is 92.2. The first-order chi connectivity index (χ1) is 66.2. The van der Waals surface area contributed by atoms with Gasteiger partial charge < -0.3 is 48.6 Å². The van der Waals surface area contributed by atoms with Gasteiger partial charge in [0.25, 0.3) is 0 Å². The second-order valence-corrected chi connectivity index (χ2v) is 37.3. The number of rotatable bonds is 6. The summed E-state index contributed by atoms with van der Waals surface area (Å²) in [5.74, 6) is 1.40. The first-order valence-corrected chi connectivity index (χ1v) is 45.8. The molecule has 0 saturated carbocycles. The van der Waals surface area contributed by atoms with Gasteiger partial charge in [0.05, 0.1) is 33.6 Å². The number of carbonyl (C=O) groups is 2. The predicted octanol–water partition coefficient (Wildman–Crippen LogP) is 30.2. The number of aromatic hydroxyl groups is 2. The molecule has 0 radical (unpaired) electrons. The van der Waals surface area contributed by atoms with Crippen molar-refractivity contribution in [3.63, 3.8) is 0 Å². The lowest BCUT2D eigenvalue weighted by Crippen LogP contribution is -2.26. The number of phenols is 2. The van der Waals surface area contributed by atoms with Crippen molar-refractivity contribution in [2.45, 2.75) is 68.0 Å². The lowest BCUT2D eigenvalue weighted by atomic mass is 9.88. The van der Waals surface area contributed by atoms with Crippen LogP contribution in [0.4, 0.5) is 0 Å². The summed E-state index contributed by atoms with van der Waals surface area (Å²) >= 11 is 0. The number of aromatic nitrogens is 4. The van der Waals surface area contributed by atoms with E-state index in [4.69, 9.17) is 38.4 Å². The van der Waals surface area contributed by atoms with Gasteiger partial charge in [0.15, 0.2) is 0 Å². The Morgan fingerprint density at radius 1 is 0.265 bits per heavy atom. The Hall–Kier alpha value is -17.1. The zero-order valence-corrected chi connectivity index (χ0v) is 75.5. The van der Waals surface area contributed by atoms with Gasteiger partial charge in [-0.2, -0.15) is 0 Å². The zero-order valence-electron chi connectivity index (χ0n) is 75.5. The summed E-state index contributed by atoms with van der Waals surface area (Å²) in [4.78, 5) is 50.1. The summed E-state index contributed by atoms with van der Waals surface area (Å²) < 4.78 is 43.2. The lowest BCUT2D eigenvalue weighted by Gasteiger charge is -2.24. The molecule has 3 aromatic heterocycles. The first-order valence-electron chi connectivity index (χ1n) is 45.8. The Labute approximate surface area is 785 Å². The maximum atomic E-state index is 15.0. The van der Waals surface area contributed by atoms with Gasteiger partial charge >= 0.3 is 11.9 Å². The highest BCUT2D eigenvalue weighted by atomic mass is 16.5.